The third-order valence-electron chi connectivity index (χ3n) is 5.85. The van der Waals surface area contributed by atoms with E-state index < -0.39 is 73.9 Å². The van der Waals surface area contributed by atoms with Crippen molar-refractivity contribution in [2.24, 2.45) is 0 Å². The van der Waals surface area contributed by atoms with E-state index in [-0.39, 0.29) is 6.61 Å². The Morgan fingerprint density at radius 3 is 2.20 bits per heavy atom. The molecule has 8 N–H and O–H groups in total. The van der Waals surface area contributed by atoms with Gasteiger partial charge in [-0.2, -0.15) is 0 Å². The lowest BCUT2D eigenvalue weighted by atomic mass is 9.67. The summed E-state index contributed by atoms with van der Waals surface area (Å²) in [4.78, 5) is 0. The molecule has 0 unspecified atom stereocenters. The topological polar surface area (TPSA) is 190 Å². The minimum atomic E-state index is -2.85. The minimum Gasteiger partial charge on any atom is -0.394 e. The molecule has 9 atom stereocenters. The van der Waals surface area contributed by atoms with Gasteiger partial charge < -0.3 is 55.1 Å². The van der Waals surface area contributed by atoms with Gasteiger partial charge in [-0.1, -0.05) is 30.3 Å². The first-order chi connectivity index (χ1) is 14.2. The van der Waals surface area contributed by atoms with Gasteiger partial charge in [0, 0.05) is 0 Å². The van der Waals surface area contributed by atoms with Gasteiger partial charge in [0.2, 0.25) is 0 Å². The maximum atomic E-state index is 11.2. The largest absolute Gasteiger partial charge is 0.394 e. The molecular formula is C19H28O11. The van der Waals surface area contributed by atoms with E-state index in [4.69, 9.17) is 14.2 Å². The Kier molecular flexibility index (Phi) is 7.11. The van der Waals surface area contributed by atoms with Crippen LogP contribution in [0.2, 0.25) is 0 Å². The summed E-state index contributed by atoms with van der Waals surface area (Å²) in [6.45, 7) is -2.45. The molecule has 0 radical (unpaired) electrons. The lowest BCUT2D eigenvalue weighted by Crippen LogP contribution is -2.82. The van der Waals surface area contributed by atoms with Crippen LogP contribution in [0.5, 0.6) is 0 Å². The molecule has 0 spiro atoms. The first-order valence-electron chi connectivity index (χ1n) is 9.52. The smallest absolute Gasteiger partial charge is 0.187 e. The van der Waals surface area contributed by atoms with Crippen LogP contribution in [0.15, 0.2) is 30.3 Å². The quantitative estimate of drug-likeness (QED) is 0.220. The third-order valence-corrected chi connectivity index (χ3v) is 5.85. The fraction of sp³-hybridized carbons (Fsp3) is 0.684. The monoisotopic (exact) mass is 432 g/mol. The molecule has 2 saturated heterocycles. The standard InChI is InChI=1S/C19H28O11/c20-6-11-13(22)15(24)18(26,9-29-11)19(27)12(7-21)30-17(14(23)16(19)25)28-8-10-4-2-1-3-5-10/h1-5,11-17,20-27H,6-9H2/t11-,12-,13+,14-,15+,16-,17+,18-,19-/m1/s1. The highest BCUT2D eigenvalue weighted by Crippen LogP contribution is 2.43. The van der Waals surface area contributed by atoms with Crippen LogP contribution in [0.4, 0.5) is 0 Å². The van der Waals surface area contributed by atoms with Gasteiger partial charge in [-0.15, -0.1) is 0 Å². The van der Waals surface area contributed by atoms with Gasteiger partial charge in [0.15, 0.2) is 17.5 Å². The zero-order chi connectivity index (χ0) is 22.1. The van der Waals surface area contributed by atoms with Crippen molar-refractivity contribution in [1.29, 1.82) is 0 Å². The van der Waals surface area contributed by atoms with Crippen LogP contribution in [0.1, 0.15) is 5.56 Å². The predicted octanol–water partition coefficient (Wildman–Crippen LogP) is -3.78. The summed E-state index contributed by atoms with van der Waals surface area (Å²) in [5.41, 5.74) is -4.87. The van der Waals surface area contributed by atoms with Gasteiger partial charge in [-0.05, 0) is 5.56 Å². The van der Waals surface area contributed by atoms with Crippen molar-refractivity contribution in [3.05, 3.63) is 35.9 Å². The SMILES string of the molecule is OC[C@H]1OC[C@](O)([C@]2(O)[C@H](O)[C@@H](O)[C@@H](OCc3ccccc3)O[C@@H]2CO)[C@@H](O)[C@H]1O. The number of aliphatic hydroxyl groups is 8. The van der Waals surface area contributed by atoms with E-state index in [9.17, 15) is 40.9 Å². The Balaban J connectivity index is 1.83. The van der Waals surface area contributed by atoms with Gasteiger partial charge in [-0.3, -0.25) is 0 Å². The molecule has 11 heteroatoms. The second-order valence-corrected chi connectivity index (χ2v) is 7.62. The molecule has 11 nitrogen and oxygen atoms in total. The Labute approximate surface area is 172 Å². The minimum absolute atomic E-state index is 0.0151. The molecule has 2 aliphatic heterocycles. The van der Waals surface area contributed by atoms with Crippen molar-refractivity contribution in [2.45, 2.75) is 60.7 Å². The summed E-state index contributed by atoms with van der Waals surface area (Å²) in [5.74, 6) is 0. The lowest BCUT2D eigenvalue weighted by Gasteiger charge is -2.57. The number of hydrogen-bond acceptors (Lipinski definition) is 11. The highest BCUT2D eigenvalue weighted by Gasteiger charge is 2.70. The summed E-state index contributed by atoms with van der Waals surface area (Å²) >= 11 is 0. The molecule has 2 fully saturated rings. The molecule has 1 aromatic rings. The molecule has 0 amide bonds. The number of benzene rings is 1. The van der Waals surface area contributed by atoms with E-state index in [1.54, 1.807) is 30.3 Å². The van der Waals surface area contributed by atoms with Crippen molar-refractivity contribution < 1.29 is 55.1 Å². The predicted molar refractivity (Wildman–Crippen MR) is 97.7 cm³/mol. The molecule has 170 valence electrons. The molecule has 0 bridgehead atoms. The molecule has 0 aromatic heterocycles. The first kappa shape index (κ1) is 23.4. The third kappa shape index (κ3) is 3.76. The zero-order valence-electron chi connectivity index (χ0n) is 16.1. The number of hydrogen-bond donors (Lipinski definition) is 8. The van der Waals surface area contributed by atoms with E-state index in [2.05, 4.69) is 0 Å². The summed E-state index contributed by atoms with van der Waals surface area (Å²) in [7, 11) is 0. The van der Waals surface area contributed by atoms with E-state index in [1.807, 2.05) is 0 Å². The molecule has 3 rings (SSSR count). The van der Waals surface area contributed by atoms with Crippen LogP contribution >= 0.6 is 0 Å². The summed E-state index contributed by atoms with van der Waals surface area (Å²) in [6, 6.07) is 8.85. The average molecular weight is 432 g/mol. The zero-order valence-corrected chi connectivity index (χ0v) is 16.1. The van der Waals surface area contributed by atoms with E-state index >= 15 is 0 Å². The Bertz CT molecular complexity index is 686. The van der Waals surface area contributed by atoms with Crippen molar-refractivity contribution in [3.63, 3.8) is 0 Å². The van der Waals surface area contributed by atoms with Crippen molar-refractivity contribution in [3.8, 4) is 0 Å². The molecule has 0 saturated carbocycles. The van der Waals surface area contributed by atoms with Gasteiger partial charge in [0.05, 0.1) is 26.4 Å². The highest BCUT2D eigenvalue weighted by atomic mass is 16.7. The average Bonchev–Trinajstić information content (AvgIpc) is 2.76. The van der Waals surface area contributed by atoms with Gasteiger partial charge in [-0.25, -0.2) is 0 Å². The molecule has 2 aliphatic rings. The summed E-state index contributed by atoms with van der Waals surface area (Å²) in [6.07, 6.45) is -12.4. The van der Waals surface area contributed by atoms with Crippen molar-refractivity contribution >= 4 is 0 Å². The summed E-state index contributed by atoms with van der Waals surface area (Å²) < 4.78 is 16.0. The van der Waals surface area contributed by atoms with E-state index in [1.165, 1.54) is 0 Å². The van der Waals surface area contributed by atoms with Gasteiger partial charge >= 0.3 is 0 Å². The van der Waals surface area contributed by atoms with Crippen LogP contribution in [0.25, 0.3) is 0 Å². The second-order valence-electron chi connectivity index (χ2n) is 7.62. The van der Waals surface area contributed by atoms with Crippen LogP contribution in [0, 0.1) is 0 Å². The second kappa shape index (κ2) is 9.10. The van der Waals surface area contributed by atoms with Crippen LogP contribution in [-0.2, 0) is 20.8 Å². The number of aliphatic hydroxyl groups excluding tert-OH is 6. The van der Waals surface area contributed by atoms with Crippen LogP contribution in [-0.4, -0.2) is 115 Å². The number of rotatable bonds is 6. The van der Waals surface area contributed by atoms with E-state index in [0.717, 1.165) is 5.56 Å². The lowest BCUT2D eigenvalue weighted by molar-refractivity contribution is -0.393. The van der Waals surface area contributed by atoms with Crippen LogP contribution < -0.4 is 0 Å². The molecule has 0 aliphatic carbocycles. The Morgan fingerprint density at radius 1 is 0.933 bits per heavy atom. The molecule has 1 aromatic carbocycles. The number of ether oxygens (including phenoxy) is 3. The maximum absolute atomic E-state index is 11.2. The molecule has 2 heterocycles. The van der Waals surface area contributed by atoms with Crippen molar-refractivity contribution in [1.82, 2.24) is 0 Å². The van der Waals surface area contributed by atoms with Crippen molar-refractivity contribution in [2.75, 3.05) is 19.8 Å². The fourth-order valence-corrected chi connectivity index (χ4v) is 3.97. The van der Waals surface area contributed by atoms with Gasteiger partial charge in [0.25, 0.3) is 0 Å². The molecule has 30 heavy (non-hydrogen) atoms. The molecular weight excluding hydrogens is 404 g/mol. The first-order valence-corrected chi connectivity index (χ1v) is 9.52. The Morgan fingerprint density at radius 2 is 1.60 bits per heavy atom. The maximum Gasteiger partial charge on any atom is 0.187 e. The van der Waals surface area contributed by atoms with E-state index in [0.29, 0.717) is 0 Å². The highest BCUT2D eigenvalue weighted by molar-refractivity contribution is 5.19. The van der Waals surface area contributed by atoms with Gasteiger partial charge in [0.1, 0.15) is 36.6 Å². The van der Waals surface area contributed by atoms with Crippen LogP contribution in [0.3, 0.4) is 0 Å². The Hall–Kier alpha value is -1.22. The normalized spacial score (nSPS) is 44.7. The fourth-order valence-electron chi connectivity index (χ4n) is 3.97. The summed E-state index contributed by atoms with van der Waals surface area (Å²) in [5, 5.41) is 82.9.